The lowest BCUT2D eigenvalue weighted by molar-refractivity contribution is 0.102. The van der Waals surface area contributed by atoms with E-state index in [9.17, 15) is 4.79 Å². The molecule has 3 rings (SSSR count). The number of carbonyl (C=O) groups is 1. The lowest BCUT2D eigenvalue weighted by Gasteiger charge is -2.10. The molecule has 0 bridgehead atoms. The minimum absolute atomic E-state index is 0.203. The van der Waals surface area contributed by atoms with Gasteiger partial charge in [0.2, 0.25) is 0 Å². The molecule has 2 aromatic carbocycles. The molecule has 0 fully saturated rings. The quantitative estimate of drug-likeness (QED) is 0.717. The Bertz CT molecular complexity index is 859. The Morgan fingerprint density at radius 1 is 1.16 bits per heavy atom. The Labute approximate surface area is 150 Å². The zero-order chi connectivity index (χ0) is 17.6. The summed E-state index contributed by atoms with van der Waals surface area (Å²) >= 11 is 1.60. The summed E-state index contributed by atoms with van der Waals surface area (Å²) < 4.78 is 10.9. The number of aryl methyl sites for hydroxylation is 1. The number of anilines is 1. The van der Waals surface area contributed by atoms with Crippen molar-refractivity contribution in [2.45, 2.75) is 13.5 Å². The number of rotatable bonds is 6. The molecule has 0 unspecified atom stereocenters. The van der Waals surface area contributed by atoms with Gasteiger partial charge in [-0.25, -0.2) is 4.98 Å². The van der Waals surface area contributed by atoms with Crippen molar-refractivity contribution in [1.82, 2.24) is 4.98 Å². The first-order chi connectivity index (χ1) is 12.2. The first kappa shape index (κ1) is 17.0. The summed E-state index contributed by atoms with van der Waals surface area (Å²) in [5.41, 5.74) is 2.08. The van der Waals surface area contributed by atoms with Crippen LogP contribution in [0.1, 0.15) is 21.1 Å². The van der Waals surface area contributed by atoms with Crippen LogP contribution >= 0.6 is 11.3 Å². The Hall–Kier alpha value is -2.86. The summed E-state index contributed by atoms with van der Waals surface area (Å²) in [5, 5.41) is 5.84. The number of hydrogen-bond acceptors (Lipinski definition) is 5. The molecule has 0 atom stereocenters. The van der Waals surface area contributed by atoms with E-state index in [4.69, 9.17) is 9.47 Å². The highest BCUT2D eigenvalue weighted by Crippen LogP contribution is 2.24. The van der Waals surface area contributed by atoms with Gasteiger partial charge in [-0.2, -0.15) is 0 Å². The van der Waals surface area contributed by atoms with Crippen LogP contribution in [0.25, 0.3) is 0 Å². The summed E-state index contributed by atoms with van der Waals surface area (Å²) in [4.78, 5) is 16.7. The topological polar surface area (TPSA) is 60.5 Å². The monoisotopic (exact) mass is 354 g/mol. The number of ether oxygens (including phenoxy) is 2. The minimum Gasteiger partial charge on any atom is -0.495 e. The van der Waals surface area contributed by atoms with Gasteiger partial charge in [-0.3, -0.25) is 4.79 Å². The zero-order valence-electron chi connectivity index (χ0n) is 14.0. The summed E-state index contributed by atoms with van der Waals surface area (Å²) in [7, 11) is 1.57. The molecule has 0 saturated carbocycles. The predicted octanol–water partition coefficient (Wildman–Crippen LogP) is 4.29. The van der Waals surface area contributed by atoms with Crippen LogP contribution < -0.4 is 14.8 Å². The molecule has 1 N–H and O–H groups in total. The number of aromatic nitrogens is 1. The fourth-order valence-electron chi connectivity index (χ4n) is 2.28. The number of amides is 1. The van der Waals surface area contributed by atoms with Gasteiger partial charge in [0.25, 0.3) is 5.91 Å². The molecule has 5 nitrogen and oxygen atoms in total. The van der Waals surface area contributed by atoms with Crippen molar-refractivity contribution in [2.75, 3.05) is 12.4 Å². The first-order valence-corrected chi connectivity index (χ1v) is 8.62. The number of nitrogens with zero attached hydrogens (tertiary/aromatic N) is 1. The number of benzene rings is 2. The van der Waals surface area contributed by atoms with Crippen molar-refractivity contribution in [3.05, 3.63) is 70.2 Å². The summed E-state index contributed by atoms with van der Waals surface area (Å²) in [6.45, 7) is 2.38. The highest BCUT2D eigenvalue weighted by Gasteiger charge is 2.09. The van der Waals surface area contributed by atoms with Gasteiger partial charge in [0.05, 0.1) is 23.5 Å². The average Bonchev–Trinajstić information content (AvgIpc) is 3.06. The minimum atomic E-state index is -0.203. The van der Waals surface area contributed by atoms with E-state index in [0.717, 1.165) is 10.7 Å². The van der Waals surface area contributed by atoms with Crippen molar-refractivity contribution in [3.8, 4) is 11.5 Å². The van der Waals surface area contributed by atoms with Gasteiger partial charge >= 0.3 is 0 Å². The molecule has 3 aromatic rings. The summed E-state index contributed by atoms with van der Waals surface area (Å²) in [5.74, 6) is 1.11. The Kier molecular flexibility index (Phi) is 5.30. The average molecular weight is 354 g/mol. The Morgan fingerprint density at radius 3 is 2.60 bits per heavy atom. The third-order valence-corrected chi connectivity index (χ3v) is 4.35. The molecule has 25 heavy (non-hydrogen) atoms. The summed E-state index contributed by atoms with van der Waals surface area (Å²) in [6, 6.07) is 14.3. The van der Waals surface area contributed by atoms with Crippen LogP contribution in [-0.2, 0) is 6.61 Å². The van der Waals surface area contributed by atoms with Crippen LogP contribution in [0.4, 0.5) is 5.69 Å². The number of nitrogens with one attached hydrogen (secondary N) is 1. The van der Waals surface area contributed by atoms with Crippen LogP contribution in [0, 0.1) is 6.92 Å². The van der Waals surface area contributed by atoms with Crippen LogP contribution in [0.15, 0.2) is 53.9 Å². The van der Waals surface area contributed by atoms with Crippen molar-refractivity contribution in [3.63, 3.8) is 0 Å². The highest BCUT2D eigenvalue weighted by molar-refractivity contribution is 7.09. The van der Waals surface area contributed by atoms with E-state index < -0.39 is 0 Å². The van der Waals surface area contributed by atoms with E-state index in [-0.39, 0.29) is 5.91 Å². The molecular weight excluding hydrogens is 336 g/mol. The van der Waals surface area contributed by atoms with Gasteiger partial charge in [0.1, 0.15) is 18.1 Å². The van der Waals surface area contributed by atoms with Crippen LogP contribution in [-0.4, -0.2) is 18.0 Å². The van der Waals surface area contributed by atoms with E-state index in [0.29, 0.717) is 29.4 Å². The van der Waals surface area contributed by atoms with E-state index in [1.54, 1.807) is 54.8 Å². The molecule has 128 valence electrons. The van der Waals surface area contributed by atoms with Gasteiger partial charge in [-0.15, -0.1) is 11.3 Å². The molecule has 0 aliphatic heterocycles. The largest absolute Gasteiger partial charge is 0.495 e. The second-order valence-electron chi connectivity index (χ2n) is 5.33. The Balaban J connectivity index is 1.62. The normalized spacial score (nSPS) is 10.3. The second-order valence-corrected chi connectivity index (χ2v) is 6.39. The second kappa shape index (κ2) is 7.81. The molecule has 0 aliphatic carbocycles. The number of carbonyl (C=O) groups excluding carboxylic acids is 1. The summed E-state index contributed by atoms with van der Waals surface area (Å²) in [6.07, 6.45) is 0. The predicted molar refractivity (Wildman–Crippen MR) is 98.6 cm³/mol. The molecule has 1 heterocycles. The van der Waals surface area contributed by atoms with Crippen molar-refractivity contribution in [1.29, 1.82) is 0 Å². The maximum atomic E-state index is 12.4. The van der Waals surface area contributed by atoms with E-state index in [1.165, 1.54) is 0 Å². The van der Waals surface area contributed by atoms with E-state index >= 15 is 0 Å². The molecule has 0 spiro atoms. The number of hydrogen-bond donors (Lipinski definition) is 1. The SMILES string of the molecule is COc1ccccc1NC(=O)c1ccc(OCc2csc(C)n2)cc1. The van der Waals surface area contributed by atoms with Crippen molar-refractivity contribution in [2.24, 2.45) is 0 Å². The molecule has 1 aromatic heterocycles. The third kappa shape index (κ3) is 4.36. The fraction of sp³-hybridized carbons (Fsp3) is 0.158. The molecular formula is C19H18N2O3S. The third-order valence-electron chi connectivity index (χ3n) is 3.52. The number of thiazole rings is 1. The van der Waals surface area contributed by atoms with Crippen LogP contribution in [0.3, 0.4) is 0 Å². The molecule has 0 saturated heterocycles. The van der Waals surface area contributed by atoms with Gasteiger partial charge < -0.3 is 14.8 Å². The standard InChI is InChI=1S/C19H18N2O3S/c1-13-20-15(12-25-13)11-24-16-9-7-14(8-10-16)19(22)21-17-5-3-4-6-18(17)23-2/h3-10,12H,11H2,1-2H3,(H,21,22). The lowest BCUT2D eigenvalue weighted by atomic mass is 10.2. The first-order valence-electron chi connectivity index (χ1n) is 7.74. The van der Waals surface area contributed by atoms with Crippen molar-refractivity contribution >= 4 is 22.9 Å². The van der Waals surface area contributed by atoms with Crippen molar-refractivity contribution < 1.29 is 14.3 Å². The van der Waals surface area contributed by atoms with Crippen LogP contribution in [0.2, 0.25) is 0 Å². The molecule has 6 heteroatoms. The van der Waals surface area contributed by atoms with Gasteiger partial charge in [-0.05, 0) is 43.3 Å². The molecule has 1 amide bonds. The van der Waals surface area contributed by atoms with Gasteiger partial charge in [-0.1, -0.05) is 12.1 Å². The van der Waals surface area contributed by atoms with E-state index in [2.05, 4.69) is 10.3 Å². The maximum Gasteiger partial charge on any atom is 0.255 e. The van der Waals surface area contributed by atoms with E-state index in [1.807, 2.05) is 24.4 Å². The van der Waals surface area contributed by atoms with Gasteiger partial charge in [0, 0.05) is 10.9 Å². The number of para-hydroxylation sites is 2. The zero-order valence-corrected chi connectivity index (χ0v) is 14.8. The van der Waals surface area contributed by atoms with Crippen LogP contribution in [0.5, 0.6) is 11.5 Å². The lowest BCUT2D eigenvalue weighted by Crippen LogP contribution is -2.12. The molecule has 0 radical (unpaired) electrons. The molecule has 0 aliphatic rings. The maximum absolute atomic E-state index is 12.4. The van der Waals surface area contributed by atoms with Gasteiger partial charge in [0.15, 0.2) is 0 Å². The smallest absolute Gasteiger partial charge is 0.255 e. The Morgan fingerprint density at radius 2 is 1.92 bits per heavy atom. The number of methoxy groups -OCH3 is 1. The highest BCUT2D eigenvalue weighted by atomic mass is 32.1. The fourth-order valence-corrected chi connectivity index (χ4v) is 2.87.